The molecule has 1 aromatic rings. The molecular formula is C14H18O3. The molecule has 0 aliphatic carbocycles. The molecule has 1 atom stereocenters. The van der Waals surface area contributed by atoms with Crippen LogP contribution in [0.3, 0.4) is 0 Å². The van der Waals surface area contributed by atoms with Crippen molar-refractivity contribution in [1.82, 2.24) is 0 Å². The lowest BCUT2D eigenvalue weighted by atomic mass is 9.92. The van der Waals surface area contributed by atoms with Gasteiger partial charge < -0.3 is 9.47 Å². The minimum Gasteiger partial charge on any atom is -0.494 e. The van der Waals surface area contributed by atoms with E-state index in [4.69, 9.17) is 9.47 Å². The standard InChI is InChI=1S/C14H18O3/c1-3-16-12-7-5-11(6-8-12)13(15)14(2)9-4-10-17-14/h5-8H,3-4,9-10H2,1-2H3. The molecule has 0 aromatic heterocycles. The van der Waals surface area contributed by atoms with Gasteiger partial charge in [-0.15, -0.1) is 0 Å². The number of carbonyl (C=O) groups is 1. The van der Waals surface area contributed by atoms with E-state index in [1.54, 1.807) is 12.1 Å². The van der Waals surface area contributed by atoms with Crippen molar-refractivity contribution >= 4 is 5.78 Å². The highest BCUT2D eigenvalue weighted by atomic mass is 16.5. The summed E-state index contributed by atoms with van der Waals surface area (Å²) in [4.78, 5) is 12.3. The molecule has 1 saturated heterocycles. The second-order valence-electron chi connectivity index (χ2n) is 4.47. The summed E-state index contributed by atoms with van der Waals surface area (Å²) in [6, 6.07) is 7.27. The van der Waals surface area contributed by atoms with Crippen molar-refractivity contribution in [2.75, 3.05) is 13.2 Å². The Morgan fingerprint density at radius 2 is 2.12 bits per heavy atom. The van der Waals surface area contributed by atoms with E-state index in [-0.39, 0.29) is 5.78 Å². The third-order valence-electron chi connectivity index (χ3n) is 3.13. The van der Waals surface area contributed by atoms with Crippen molar-refractivity contribution in [1.29, 1.82) is 0 Å². The average Bonchev–Trinajstić information content (AvgIpc) is 2.78. The van der Waals surface area contributed by atoms with E-state index in [0.29, 0.717) is 18.8 Å². The van der Waals surface area contributed by atoms with Gasteiger partial charge in [0.15, 0.2) is 5.78 Å². The van der Waals surface area contributed by atoms with Gasteiger partial charge >= 0.3 is 0 Å². The molecular weight excluding hydrogens is 216 g/mol. The lowest BCUT2D eigenvalue weighted by molar-refractivity contribution is 0.0213. The van der Waals surface area contributed by atoms with Gasteiger partial charge in [-0.25, -0.2) is 0 Å². The lowest BCUT2D eigenvalue weighted by Gasteiger charge is -2.21. The summed E-state index contributed by atoms with van der Waals surface area (Å²) in [6.07, 6.45) is 1.76. The third kappa shape index (κ3) is 2.50. The molecule has 3 nitrogen and oxygen atoms in total. The first kappa shape index (κ1) is 12.1. The molecule has 1 heterocycles. The van der Waals surface area contributed by atoms with E-state index < -0.39 is 5.60 Å². The van der Waals surface area contributed by atoms with Crippen LogP contribution in [0.25, 0.3) is 0 Å². The number of benzene rings is 1. The number of ether oxygens (including phenoxy) is 2. The lowest BCUT2D eigenvalue weighted by Crippen LogP contribution is -2.34. The van der Waals surface area contributed by atoms with Crippen LogP contribution in [-0.2, 0) is 4.74 Å². The largest absolute Gasteiger partial charge is 0.494 e. The minimum atomic E-state index is -0.632. The summed E-state index contributed by atoms with van der Waals surface area (Å²) < 4.78 is 10.9. The van der Waals surface area contributed by atoms with Gasteiger partial charge in [0.1, 0.15) is 11.4 Å². The van der Waals surface area contributed by atoms with Crippen LogP contribution in [0.1, 0.15) is 37.0 Å². The smallest absolute Gasteiger partial charge is 0.194 e. The molecule has 92 valence electrons. The van der Waals surface area contributed by atoms with Gasteiger partial charge in [0.2, 0.25) is 0 Å². The minimum absolute atomic E-state index is 0.0676. The van der Waals surface area contributed by atoms with Gasteiger partial charge in [-0.3, -0.25) is 4.79 Å². The fourth-order valence-corrected chi connectivity index (χ4v) is 2.13. The average molecular weight is 234 g/mol. The fourth-order valence-electron chi connectivity index (χ4n) is 2.13. The Hall–Kier alpha value is -1.35. The zero-order chi connectivity index (χ0) is 12.3. The van der Waals surface area contributed by atoms with E-state index in [9.17, 15) is 4.79 Å². The Labute approximate surface area is 102 Å². The summed E-state index contributed by atoms with van der Waals surface area (Å²) in [5.41, 5.74) is 0.0606. The zero-order valence-electron chi connectivity index (χ0n) is 10.4. The maximum Gasteiger partial charge on any atom is 0.194 e. The van der Waals surface area contributed by atoms with Gasteiger partial charge in [-0.2, -0.15) is 0 Å². The van der Waals surface area contributed by atoms with Crippen LogP contribution >= 0.6 is 0 Å². The van der Waals surface area contributed by atoms with E-state index in [2.05, 4.69) is 0 Å². The number of hydrogen-bond donors (Lipinski definition) is 0. The van der Waals surface area contributed by atoms with Crippen molar-refractivity contribution in [3.05, 3.63) is 29.8 Å². The number of rotatable bonds is 4. The SMILES string of the molecule is CCOc1ccc(C(=O)C2(C)CCCO2)cc1. The van der Waals surface area contributed by atoms with Gasteiger partial charge in [0, 0.05) is 12.2 Å². The number of hydrogen-bond acceptors (Lipinski definition) is 3. The van der Waals surface area contributed by atoms with Gasteiger partial charge in [-0.1, -0.05) is 0 Å². The van der Waals surface area contributed by atoms with Gasteiger partial charge in [0.25, 0.3) is 0 Å². The molecule has 1 aliphatic rings. The van der Waals surface area contributed by atoms with E-state index in [1.165, 1.54) is 0 Å². The molecule has 1 aliphatic heterocycles. The summed E-state index contributed by atoms with van der Waals surface area (Å²) in [6.45, 7) is 5.12. The Morgan fingerprint density at radius 1 is 1.41 bits per heavy atom. The van der Waals surface area contributed by atoms with Crippen LogP contribution in [0.5, 0.6) is 5.75 Å². The molecule has 17 heavy (non-hydrogen) atoms. The molecule has 0 radical (unpaired) electrons. The molecule has 1 fully saturated rings. The first-order chi connectivity index (χ1) is 8.15. The Kier molecular flexibility index (Phi) is 3.48. The first-order valence-corrected chi connectivity index (χ1v) is 6.07. The van der Waals surface area contributed by atoms with Crippen molar-refractivity contribution in [3.8, 4) is 5.75 Å². The topological polar surface area (TPSA) is 35.5 Å². The van der Waals surface area contributed by atoms with Crippen LogP contribution in [0.4, 0.5) is 0 Å². The summed E-state index contributed by atoms with van der Waals surface area (Å²) >= 11 is 0. The Morgan fingerprint density at radius 3 is 2.65 bits per heavy atom. The van der Waals surface area contributed by atoms with Crippen LogP contribution in [-0.4, -0.2) is 24.6 Å². The van der Waals surface area contributed by atoms with E-state index in [1.807, 2.05) is 26.0 Å². The van der Waals surface area contributed by atoms with Crippen molar-refractivity contribution < 1.29 is 14.3 Å². The predicted octanol–water partition coefficient (Wildman–Crippen LogP) is 2.84. The summed E-state index contributed by atoms with van der Waals surface area (Å²) in [5.74, 6) is 0.861. The molecule has 0 bridgehead atoms. The molecule has 0 N–H and O–H groups in total. The second kappa shape index (κ2) is 4.88. The monoisotopic (exact) mass is 234 g/mol. The first-order valence-electron chi connectivity index (χ1n) is 6.07. The quantitative estimate of drug-likeness (QED) is 0.751. The molecule has 0 amide bonds. The van der Waals surface area contributed by atoms with Crippen LogP contribution in [0.15, 0.2) is 24.3 Å². The van der Waals surface area contributed by atoms with Crippen molar-refractivity contribution in [3.63, 3.8) is 0 Å². The number of ketones is 1. The molecule has 1 unspecified atom stereocenters. The Bertz CT molecular complexity index is 388. The maximum absolute atomic E-state index is 12.3. The highest BCUT2D eigenvalue weighted by Gasteiger charge is 2.37. The van der Waals surface area contributed by atoms with Gasteiger partial charge in [-0.05, 0) is 51.0 Å². The summed E-state index contributed by atoms with van der Waals surface area (Å²) in [7, 11) is 0. The molecule has 1 aromatic carbocycles. The van der Waals surface area contributed by atoms with Gasteiger partial charge in [0.05, 0.1) is 6.61 Å². The predicted molar refractivity (Wildman–Crippen MR) is 65.5 cm³/mol. The number of carbonyl (C=O) groups excluding carboxylic acids is 1. The van der Waals surface area contributed by atoms with Crippen molar-refractivity contribution in [2.24, 2.45) is 0 Å². The van der Waals surface area contributed by atoms with E-state index >= 15 is 0 Å². The molecule has 2 rings (SSSR count). The molecule has 0 spiro atoms. The summed E-state index contributed by atoms with van der Waals surface area (Å²) in [5, 5.41) is 0. The van der Waals surface area contributed by atoms with Crippen LogP contribution < -0.4 is 4.74 Å². The highest BCUT2D eigenvalue weighted by Crippen LogP contribution is 2.29. The van der Waals surface area contributed by atoms with E-state index in [0.717, 1.165) is 18.6 Å². The van der Waals surface area contributed by atoms with Crippen LogP contribution in [0.2, 0.25) is 0 Å². The maximum atomic E-state index is 12.3. The molecule has 3 heteroatoms. The third-order valence-corrected chi connectivity index (χ3v) is 3.13. The second-order valence-corrected chi connectivity index (χ2v) is 4.47. The highest BCUT2D eigenvalue weighted by molar-refractivity contribution is 6.02. The number of Topliss-reactive ketones (excluding diaryl/α,β-unsaturated/α-hetero) is 1. The zero-order valence-corrected chi connectivity index (χ0v) is 10.4. The normalized spacial score (nSPS) is 23.6. The molecule has 0 saturated carbocycles. The van der Waals surface area contributed by atoms with Crippen molar-refractivity contribution in [2.45, 2.75) is 32.3 Å². The Balaban J connectivity index is 2.14. The fraction of sp³-hybridized carbons (Fsp3) is 0.500. The van der Waals surface area contributed by atoms with Crippen LogP contribution in [0, 0.1) is 0 Å².